The van der Waals surface area contributed by atoms with E-state index < -0.39 is 11.7 Å². The normalized spacial score (nSPS) is 16.7. The van der Waals surface area contributed by atoms with Crippen molar-refractivity contribution in [3.63, 3.8) is 0 Å². The fourth-order valence-electron chi connectivity index (χ4n) is 3.50. The average Bonchev–Trinajstić information content (AvgIpc) is 3.22. The zero-order valence-electron chi connectivity index (χ0n) is 16.0. The van der Waals surface area contributed by atoms with Gasteiger partial charge in [0.15, 0.2) is 0 Å². The quantitative estimate of drug-likeness (QED) is 0.673. The number of aliphatic hydroxyl groups is 1. The van der Waals surface area contributed by atoms with Gasteiger partial charge in [0.2, 0.25) is 5.88 Å². The lowest BCUT2D eigenvalue weighted by Crippen LogP contribution is -2.26. The van der Waals surface area contributed by atoms with Gasteiger partial charge < -0.3 is 14.7 Å². The molecule has 8 heteroatoms. The molecule has 0 spiro atoms. The minimum atomic E-state index is -4.42. The molecule has 0 saturated carbocycles. The van der Waals surface area contributed by atoms with Crippen LogP contribution < -0.4 is 9.64 Å². The number of rotatable bonds is 5. The van der Waals surface area contributed by atoms with Gasteiger partial charge in [0.05, 0.1) is 35.8 Å². The Morgan fingerprint density at radius 2 is 1.87 bits per heavy atom. The van der Waals surface area contributed by atoms with Gasteiger partial charge in [-0.05, 0) is 18.2 Å². The van der Waals surface area contributed by atoms with Crippen LogP contribution in [0, 0.1) is 0 Å². The molecule has 30 heavy (non-hydrogen) atoms. The molecule has 4 rings (SSSR count). The second-order valence-electron chi connectivity index (χ2n) is 7.04. The Morgan fingerprint density at radius 3 is 2.53 bits per heavy atom. The lowest BCUT2D eigenvalue weighted by molar-refractivity contribution is -0.137. The van der Waals surface area contributed by atoms with Crippen LogP contribution in [-0.2, 0) is 12.8 Å². The molecule has 1 saturated heterocycles. The van der Waals surface area contributed by atoms with Crippen LogP contribution >= 0.6 is 0 Å². The van der Waals surface area contributed by atoms with Gasteiger partial charge in [-0.15, -0.1) is 0 Å². The smallest absolute Gasteiger partial charge is 0.417 e. The van der Waals surface area contributed by atoms with Crippen molar-refractivity contribution in [1.29, 1.82) is 0 Å². The van der Waals surface area contributed by atoms with E-state index in [1.54, 1.807) is 0 Å². The summed E-state index contributed by atoms with van der Waals surface area (Å²) in [5.41, 5.74) is 2.34. The summed E-state index contributed by atoms with van der Waals surface area (Å²) >= 11 is 0. The summed E-state index contributed by atoms with van der Waals surface area (Å²) in [5, 5.41) is 9.82. The van der Waals surface area contributed by atoms with Gasteiger partial charge in [-0.1, -0.05) is 30.3 Å². The molecule has 1 atom stereocenters. The molecule has 1 N–H and O–H groups in total. The number of alkyl halides is 3. The molecule has 0 radical (unpaired) electrons. The van der Waals surface area contributed by atoms with E-state index in [4.69, 9.17) is 4.74 Å². The number of nitrogens with zero attached hydrogens (tertiary/aromatic N) is 3. The monoisotopic (exact) mass is 415 g/mol. The number of pyridine rings is 2. The van der Waals surface area contributed by atoms with E-state index in [9.17, 15) is 18.3 Å². The number of anilines is 1. The molecule has 1 aromatic carbocycles. The number of hydrogen-bond acceptors (Lipinski definition) is 5. The zero-order valence-corrected chi connectivity index (χ0v) is 16.0. The maximum absolute atomic E-state index is 12.7. The Kier molecular flexibility index (Phi) is 5.59. The Hall–Kier alpha value is -3.13. The van der Waals surface area contributed by atoms with E-state index in [0.29, 0.717) is 25.2 Å². The van der Waals surface area contributed by atoms with Crippen LogP contribution in [0.2, 0.25) is 0 Å². The first-order chi connectivity index (χ1) is 14.4. The van der Waals surface area contributed by atoms with E-state index in [0.717, 1.165) is 29.2 Å². The van der Waals surface area contributed by atoms with E-state index in [2.05, 4.69) is 14.9 Å². The van der Waals surface area contributed by atoms with Crippen molar-refractivity contribution >= 4 is 5.69 Å². The maximum Gasteiger partial charge on any atom is 0.417 e. The lowest BCUT2D eigenvalue weighted by atomic mass is 10.1. The number of hydrogen-bond donors (Lipinski definition) is 1. The molecule has 1 unspecified atom stereocenters. The summed E-state index contributed by atoms with van der Waals surface area (Å²) in [6.45, 7) is 1.02. The Balaban J connectivity index is 1.45. The molecule has 1 aliphatic heterocycles. The molecule has 0 aliphatic carbocycles. The van der Waals surface area contributed by atoms with Crippen molar-refractivity contribution in [2.75, 3.05) is 18.0 Å². The second-order valence-corrected chi connectivity index (χ2v) is 7.04. The molecule has 1 aliphatic rings. The third-order valence-electron chi connectivity index (χ3n) is 5.01. The van der Waals surface area contributed by atoms with Crippen molar-refractivity contribution in [1.82, 2.24) is 9.97 Å². The molecule has 1 fully saturated rings. The number of aliphatic hydroxyl groups excluding tert-OH is 1. The highest BCUT2D eigenvalue weighted by molar-refractivity contribution is 5.63. The molecule has 0 amide bonds. The summed E-state index contributed by atoms with van der Waals surface area (Å²) in [5.74, 6) is 0.162. The van der Waals surface area contributed by atoms with Crippen molar-refractivity contribution in [3.8, 4) is 17.1 Å². The lowest BCUT2D eigenvalue weighted by Gasteiger charge is -2.21. The number of benzene rings is 1. The van der Waals surface area contributed by atoms with Crippen LogP contribution in [-0.4, -0.2) is 34.3 Å². The maximum atomic E-state index is 12.7. The zero-order chi connectivity index (χ0) is 21.1. The topological polar surface area (TPSA) is 58.5 Å². The van der Waals surface area contributed by atoms with E-state index in [1.807, 2.05) is 42.5 Å². The predicted octanol–water partition coefficient (Wildman–Crippen LogP) is 4.31. The van der Waals surface area contributed by atoms with Crippen molar-refractivity contribution in [2.24, 2.45) is 0 Å². The Morgan fingerprint density at radius 1 is 1.07 bits per heavy atom. The highest BCUT2D eigenvalue weighted by atomic mass is 19.4. The van der Waals surface area contributed by atoms with Gasteiger partial charge in [0.25, 0.3) is 0 Å². The summed E-state index contributed by atoms with van der Waals surface area (Å²) in [7, 11) is 0. The molecule has 5 nitrogen and oxygen atoms in total. The first-order valence-electron chi connectivity index (χ1n) is 9.55. The summed E-state index contributed by atoms with van der Waals surface area (Å²) in [6.07, 6.45) is -3.17. The fourth-order valence-corrected chi connectivity index (χ4v) is 3.50. The number of halogens is 3. The van der Waals surface area contributed by atoms with Crippen molar-refractivity contribution < 1.29 is 23.0 Å². The van der Waals surface area contributed by atoms with Crippen LogP contribution in [0.15, 0.2) is 60.8 Å². The summed E-state index contributed by atoms with van der Waals surface area (Å²) in [4.78, 5) is 10.4. The minimum absolute atomic E-state index is 0.162. The summed E-state index contributed by atoms with van der Waals surface area (Å²) in [6, 6.07) is 15.8. The largest absolute Gasteiger partial charge is 0.472 e. The summed E-state index contributed by atoms with van der Waals surface area (Å²) < 4.78 is 43.7. The highest BCUT2D eigenvalue weighted by Crippen LogP contribution is 2.31. The molecule has 0 bridgehead atoms. The molecule has 156 valence electrons. The molecular weight excluding hydrogens is 395 g/mol. The highest BCUT2D eigenvalue weighted by Gasteiger charge is 2.31. The van der Waals surface area contributed by atoms with Crippen molar-refractivity contribution in [3.05, 3.63) is 72.1 Å². The molecule has 3 heterocycles. The van der Waals surface area contributed by atoms with Gasteiger partial charge >= 0.3 is 6.18 Å². The first kappa shape index (κ1) is 20.2. The fraction of sp³-hybridized carbons (Fsp3) is 0.273. The van der Waals surface area contributed by atoms with Gasteiger partial charge in [-0.3, -0.25) is 0 Å². The second kappa shape index (κ2) is 8.31. The molecule has 3 aromatic rings. The Labute approximate surface area is 171 Å². The van der Waals surface area contributed by atoms with Gasteiger partial charge in [-0.2, -0.15) is 13.2 Å². The van der Waals surface area contributed by atoms with Gasteiger partial charge in [-0.25, -0.2) is 9.97 Å². The van der Waals surface area contributed by atoms with Crippen LogP contribution in [0.3, 0.4) is 0 Å². The number of aromatic nitrogens is 2. The van der Waals surface area contributed by atoms with Crippen LogP contribution in [0.4, 0.5) is 18.9 Å². The van der Waals surface area contributed by atoms with E-state index in [1.165, 1.54) is 6.07 Å². The van der Waals surface area contributed by atoms with Crippen LogP contribution in [0.5, 0.6) is 5.88 Å². The van der Waals surface area contributed by atoms with E-state index >= 15 is 0 Å². The standard InChI is InChI=1S/C22H20F3N3O2/c23-22(24,25)16-6-9-21(26-12-16)30-17-10-11-28(13-17)20-8-7-18(27-19(20)14-29)15-4-2-1-3-5-15/h1-9,12,17,29H,10-11,13-14H2. The third kappa shape index (κ3) is 4.38. The predicted molar refractivity (Wildman–Crippen MR) is 106 cm³/mol. The molecular formula is C22H20F3N3O2. The van der Waals surface area contributed by atoms with Crippen LogP contribution in [0.25, 0.3) is 11.3 Å². The molecule has 2 aromatic heterocycles. The SMILES string of the molecule is OCc1nc(-c2ccccc2)ccc1N1CCC(Oc2ccc(C(F)(F)F)cn2)C1. The van der Waals surface area contributed by atoms with Crippen molar-refractivity contribution in [2.45, 2.75) is 25.3 Å². The Bertz CT molecular complexity index is 995. The average molecular weight is 415 g/mol. The van der Waals surface area contributed by atoms with E-state index in [-0.39, 0.29) is 18.6 Å². The van der Waals surface area contributed by atoms with Crippen LogP contribution in [0.1, 0.15) is 17.7 Å². The van der Waals surface area contributed by atoms with Gasteiger partial charge in [0, 0.05) is 30.8 Å². The number of ether oxygens (including phenoxy) is 1. The first-order valence-corrected chi connectivity index (χ1v) is 9.55. The minimum Gasteiger partial charge on any atom is -0.472 e. The third-order valence-corrected chi connectivity index (χ3v) is 5.01. The van der Waals surface area contributed by atoms with Gasteiger partial charge in [0.1, 0.15) is 6.10 Å².